The minimum absolute atomic E-state index is 0.629. The van der Waals surface area contributed by atoms with Gasteiger partial charge in [0, 0.05) is 13.1 Å². The highest BCUT2D eigenvalue weighted by Gasteiger charge is 2.24. The Labute approximate surface area is 109 Å². The summed E-state index contributed by atoms with van der Waals surface area (Å²) in [6, 6.07) is 7.55. The molecule has 0 amide bonds. The van der Waals surface area contributed by atoms with Gasteiger partial charge >= 0.3 is 10.2 Å². The lowest BCUT2D eigenvalue weighted by molar-refractivity contribution is 0.349. The van der Waals surface area contributed by atoms with Crippen molar-refractivity contribution in [3.8, 4) is 0 Å². The molecule has 0 aliphatic carbocycles. The first-order valence-electron chi connectivity index (χ1n) is 6.49. The summed E-state index contributed by atoms with van der Waals surface area (Å²) in [7, 11) is -3.39. The van der Waals surface area contributed by atoms with Crippen molar-refractivity contribution >= 4 is 15.9 Å². The zero-order chi connectivity index (χ0) is 13.0. The van der Waals surface area contributed by atoms with Crippen molar-refractivity contribution in [3.63, 3.8) is 0 Å². The van der Waals surface area contributed by atoms with Crippen molar-refractivity contribution in [1.29, 1.82) is 0 Å². The average Bonchev–Trinajstić information content (AvgIpc) is 2.40. The molecule has 0 aromatic heterocycles. The zero-order valence-electron chi connectivity index (χ0n) is 10.7. The van der Waals surface area contributed by atoms with Gasteiger partial charge < -0.3 is 0 Å². The highest BCUT2D eigenvalue weighted by atomic mass is 32.2. The Hall–Kier alpha value is -1.07. The van der Waals surface area contributed by atoms with Crippen LogP contribution < -0.4 is 4.72 Å². The number of benzene rings is 1. The van der Waals surface area contributed by atoms with Gasteiger partial charge in [-0.1, -0.05) is 31.5 Å². The summed E-state index contributed by atoms with van der Waals surface area (Å²) in [5.41, 5.74) is 1.73. The quantitative estimate of drug-likeness (QED) is 0.911. The van der Waals surface area contributed by atoms with Crippen LogP contribution in [0.1, 0.15) is 31.7 Å². The van der Waals surface area contributed by atoms with Crippen LogP contribution in [0.15, 0.2) is 24.3 Å². The Morgan fingerprint density at radius 2 is 1.83 bits per heavy atom. The standard InChI is InChI=1S/C13H20N2O2S/c1-2-12-8-4-5-9-13(12)14-18(16,17)15-10-6-3-7-11-15/h4-5,8-9,14H,2-3,6-7,10-11H2,1H3. The van der Waals surface area contributed by atoms with Gasteiger partial charge in [0.25, 0.3) is 0 Å². The fourth-order valence-electron chi connectivity index (χ4n) is 2.24. The van der Waals surface area contributed by atoms with Crippen LogP contribution in [0.25, 0.3) is 0 Å². The normalized spacial score (nSPS) is 17.6. The number of hydrogen-bond acceptors (Lipinski definition) is 2. The number of hydrogen-bond donors (Lipinski definition) is 1. The molecule has 1 aromatic rings. The van der Waals surface area contributed by atoms with Gasteiger partial charge in [-0.25, -0.2) is 0 Å². The second kappa shape index (κ2) is 5.71. The van der Waals surface area contributed by atoms with Gasteiger partial charge in [-0.2, -0.15) is 12.7 Å². The molecule has 1 aliphatic heterocycles. The van der Waals surface area contributed by atoms with Crippen molar-refractivity contribution in [2.75, 3.05) is 17.8 Å². The SMILES string of the molecule is CCc1ccccc1NS(=O)(=O)N1CCCCC1. The van der Waals surface area contributed by atoms with E-state index in [0.717, 1.165) is 31.2 Å². The molecule has 0 unspecified atom stereocenters. The Morgan fingerprint density at radius 3 is 2.50 bits per heavy atom. The van der Waals surface area contributed by atoms with Crippen molar-refractivity contribution in [3.05, 3.63) is 29.8 Å². The summed E-state index contributed by atoms with van der Waals surface area (Å²) >= 11 is 0. The second-order valence-corrected chi connectivity index (χ2v) is 6.25. The van der Waals surface area contributed by atoms with Crippen LogP contribution in [0.5, 0.6) is 0 Å². The maximum atomic E-state index is 12.2. The summed E-state index contributed by atoms with van der Waals surface area (Å²) < 4.78 is 28.7. The van der Waals surface area contributed by atoms with E-state index in [9.17, 15) is 8.42 Å². The van der Waals surface area contributed by atoms with Crippen LogP contribution in [0.4, 0.5) is 5.69 Å². The molecule has 1 fully saturated rings. The first-order valence-corrected chi connectivity index (χ1v) is 7.93. The Bertz CT molecular complexity index is 493. The third-order valence-corrected chi connectivity index (χ3v) is 4.81. The summed E-state index contributed by atoms with van der Waals surface area (Å²) in [6.07, 6.45) is 3.85. The lowest BCUT2D eigenvalue weighted by atomic mass is 10.1. The number of piperidine rings is 1. The van der Waals surface area contributed by atoms with Gasteiger partial charge in [-0.15, -0.1) is 0 Å². The molecule has 2 rings (SSSR count). The van der Waals surface area contributed by atoms with Crippen molar-refractivity contribution in [2.45, 2.75) is 32.6 Å². The van der Waals surface area contributed by atoms with Crippen LogP contribution in [0.2, 0.25) is 0 Å². The molecule has 18 heavy (non-hydrogen) atoms. The molecule has 0 spiro atoms. The van der Waals surface area contributed by atoms with Crippen LogP contribution in [0, 0.1) is 0 Å². The van der Waals surface area contributed by atoms with E-state index in [2.05, 4.69) is 4.72 Å². The highest BCUT2D eigenvalue weighted by Crippen LogP contribution is 2.20. The van der Waals surface area contributed by atoms with Crippen LogP contribution in [-0.2, 0) is 16.6 Å². The summed E-state index contributed by atoms with van der Waals surface area (Å²) in [6.45, 7) is 3.28. The van der Waals surface area contributed by atoms with E-state index < -0.39 is 10.2 Å². The molecule has 5 heteroatoms. The number of para-hydroxylation sites is 1. The smallest absolute Gasteiger partial charge is 0.271 e. The predicted octanol–water partition coefficient (Wildman–Crippen LogP) is 2.39. The zero-order valence-corrected chi connectivity index (χ0v) is 11.5. The van der Waals surface area contributed by atoms with Gasteiger partial charge in [0.2, 0.25) is 0 Å². The molecule has 1 saturated heterocycles. The molecule has 1 aliphatic rings. The fourth-order valence-corrected chi connectivity index (χ4v) is 3.58. The van der Waals surface area contributed by atoms with Crippen LogP contribution >= 0.6 is 0 Å². The number of nitrogens with one attached hydrogen (secondary N) is 1. The molecule has 0 radical (unpaired) electrons. The van der Waals surface area contributed by atoms with E-state index in [1.54, 1.807) is 4.31 Å². The third-order valence-electron chi connectivity index (χ3n) is 3.29. The molecule has 100 valence electrons. The molecular weight excluding hydrogens is 248 g/mol. The predicted molar refractivity (Wildman–Crippen MR) is 73.8 cm³/mol. The first kappa shape index (κ1) is 13.4. The van der Waals surface area contributed by atoms with E-state index in [-0.39, 0.29) is 0 Å². The van der Waals surface area contributed by atoms with Crippen molar-refractivity contribution in [1.82, 2.24) is 4.31 Å². The Kier molecular flexibility index (Phi) is 4.24. The minimum Gasteiger partial charge on any atom is -0.271 e. The number of anilines is 1. The van der Waals surface area contributed by atoms with Gasteiger partial charge in [-0.05, 0) is 30.9 Å². The molecule has 0 bridgehead atoms. The highest BCUT2D eigenvalue weighted by molar-refractivity contribution is 7.90. The van der Waals surface area contributed by atoms with Gasteiger partial charge in [0.15, 0.2) is 0 Å². The van der Waals surface area contributed by atoms with E-state index in [4.69, 9.17) is 0 Å². The lowest BCUT2D eigenvalue weighted by Crippen LogP contribution is -2.39. The maximum absolute atomic E-state index is 12.2. The molecular formula is C13H20N2O2S. The second-order valence-electron chi connectivity index (χ2n) is 4.58. The monoisotopic (exact) mass is 268 g/mol. The number of nitrogens with zero attached hydrogens (tertiary/aromatic N) is 1. The number of rotatable bonds is 4. The Morgan fingerprint density at radius 1 is 1.17 bits per heavy atom. The van der Waals surface area contributed by atoms with Crippen molar-refractivity contribution < 1.29 is 8.42 Å². The van der Waals surface area contributed by atoms with E-state index >= 15 is 0 Å². The molecule has 1 aromatic carbocycles. The topological polar surface area (TPSA) is 49.4 Å². The fraction of sp³-hybridized carbons (Fsp3) is 0.538. The van der Waals surface area contributed by atoms with Crippen molar-refractivity contribution in [2.24, 2.45) is 0 Å². The number of aryl methyl sites for hydroxylation is 1. The largest absolute Gasteiger partial charge is 0.301 e. The van der Waals surface area contributed by atoms with Gasteiger partial charge in [-0.3, -0.25) is 4.72 Å². The van der Waals surface area contributed by atoms with E-state index in [0.29, 0.717) is 18.8 Å². The molecule has 0 atom stereocenters. The van der Waals surface area contributed by atoms with Gasteiger partial charge in [0.05, 0.1) is 5.69 Å². The average molecular weight is 268 g/mol. The lowest BCUT2D eigenvalue weighted by Gasteiger charge is -2.26. The summed E-state index contributed by atoms with van der Waals surface area (Å²) in [5.74, 6) is 0. The third kappa shape index (κ3) is 3.03. The minimum atomic E-state index is -3.39. The van der Waals surface area contributed by atoms with Crippen LogP contribution in [0.3, 0.4) is 0 Å². The van der Waals surface area contributed by atoms with Gasteiger partial charge in [0.1, 0.15) is 0 Å². The summed E-state index contributed by atoms with van der Waals surface area (Å²) in [4.78, 5) is 0. The van der Waals surface area contributed by atoms with E-state index in [1.807, 2.05) is 31.2 Å². The van der Waals surface area contributed by atoms with Crippen LogP contribution in [-0.4, -0.2) is 25.8 Å². The molecule has 4 nitrogen and oxygen atoms in total. The maximum Gasteiger partial charge on any atom is 0.301 e. The molecule has 0 saturated carbocycles. The Balaban J connectivity index is 2.16. The van der Waals surface area contributed by atoms with E-state index in [1.165, 1.54) is 0 Å². The molecule has 1 heterocycles. The molecule has 1 N–H and O–H groups in total. The first-order chi connectivity index (χ1) is 8.63. The summed E-state index contributed by atoms with van der Waals surface area (Å²) in [5, 5.41) is 0.